The highest BCUT2D eigenvalue weighted by molar-refractivity contribution is 6.30. The van der Waals surface area contributed by atoms with E-state index in [1.54, 1.807) is 25.3 Å². The van der Waals surface area contributed by atoms with E-state index in [9.17, 15) is 4.79 Å². The molecule has 0 unspecified atom stereocenters. The van der Waals surface area contributed by atoms with E-state index in [0.717, 1.165) is 22.3 Å². The maximum absolute atomic E-state index is 12.0. The van der Waals surface area contributed by atoms with Crippen molar-refractivity contribution in [2.45, 2.75) is 20.4 Å². The van der Waals surface area contributed by atoms with Crippen LogP contribution < -0.4 is 0 Å². The molecule has 118 valence electrons. The lowest BCUT2D eigenvalue weighted by atomic mass is 10.2. The number of carbonyl (C=O) groups is 1. The topological polar surface area (TPSA) is 57.0 Å². The van der Waals surface area contributed by atoms with E-state index in [1.165, 1.54) is 0 Å². The molecule has 2 heterocycles. The fourth-order valence-corrected chi connectivity index (χ4v) is 2.62. The van der Waals surface area contributed by atoms with E-state index in [-0.39, 0.29) is 12.5 Å². The highest BCUT2D eigenvalue weighted by Gasteiger charge is 2.17. The van der Waals surface area contributed by atoms with Crippen molar-refractivity contribution in [2.75, 3.05) is 6.61 Å². The van der Waals surface area contributed by atoms with Gasteiger partial charge in [0.05, 0.1) is 17.8 Å². The van der Waals surface area contributed by atoms with Gasteiger partial charge in [-0.1, -0.05) is 11.6 Å². The summed E-state index contributed by atoms with van der Waals surface area (Å²) in [7, 11) is 0. The quantitative estimate of drug-likeness (QED) is 0.686. The van der Waals surface area contributed by atoms with Crippen molar-refractivity contribution < 1.29 is 9.53 Å². The molecule has 2 aromatic heterocycles. The van der Waals surface area contributed by atoms with Crippen LogP contribution in [0.15, 0.2) is 36.5 Å². The van der Waals surface area contributed by atoms with Gasteiger partial charge >= 0.3 is 5.97 Å². The molecule has 23 heavy (non-hydrogen) atoms. The third-order valence-corrected chi connectivity index (χ3v) is 3.80. The minimum absolute atomic E-state index is 0.103. The Kier molecular flexibility index (Phi) is 4.30. The number of fused-ring (bicyclic) bond motifs is 1. The van der Waals surface area contributed by atoms with Crippen LogP contribution in [0.4, 0.5) is 0 Å². The van der Waals surface area contributed by atoms with Crippen LogP contribution in [0.5, 0.6) is 0 Å². The molecule has 0 amide bonds. The monoisotopic (exact) mass is 329 g/mol. The minimum atomic E-state index is -0.295. The van der Waals surface area contributed by atoms with Gasteiger partial charge in [-0.2, -0.15) is 0 Å². The first-order valence-electron chi connectivity index (χ1n) is 7.33. The van der Waals surface area contributed by atoms with Crippen molar-refractivity contribution in [3.05, 3.63) is 47.2 Å². The summed E-state index contributed by atoms with van der Waals surface area (Å²) in [6, 6.07) is 9.22. The van der Waals surface area contributed by atoms with Crippen molar-refractivity contribution in [1.29, 1.82) is 0 Å². The van der Waals surface area contributed by atoms with Crippen LogP contribution in [0.25, 0.3) is 22.4 Å². The lowest BCUT2D eigenvalue weighted by Gasteiger charge is -2.09. The van der Waals surface area contributed by atoms with Gasteiger partial charge in [0, 0.05) is 16.8 Å². The Morgan fingerprint density at radius 3 is 2.70 bits per heavy atom. The molecule has 0 aliphatic heterocycles. The number of rotatable bonds is 4. The number of nitrogens with zero attached hydrogens (tertiary/aromatic N) is 3. The smallest absolute Gasteiger partial charge is 0.326 e. The van der Waals surface area contributed by atoms with Crippen molar-refractivity contribution in [3.63, 3.8) is 0 Å². The third-order valence-electron chi connectivity index (χ3n) is 3.55. The second kappa shape index (κ2) is 6.38. The molecule has 3 aromatic rings. The molecule has 0 saturated carbocycles. The SMILES string of the molecule is CCOC(=O)Cn1c(-c2ccc(Cl)cc2)nc2c(C)nccc21. The average molecular weight is 330 g/mol. The number of imidazole rings is 1. The number of halogens is 1. The number of ether oxygens (including phenoxy) is 1. The van der Waals surface area contributed by atoms with Gasteiger partial charge in [0.25, 0.3) is 0 Å². The predicted octanol–water partition coefficient (Wildman–Crippen LogP) is 3.62. The molecule has 0 radical (unpaired) electrons. The van der Waals surface area contributed by atoms with Crippen LogP contribution >= 0.6 is 11.6 Å². The fraction of sp³-hybridized carbons (Fsp3) is 0.235. The van der Waals surface area contributed by atoms with Crippen LogP contribution in [0, 0.1) is 6.92 Å². The first kappa shape index (κ1) is 15.5. The Morgan fingerprint density at radius 1 is 1.26 bits per heavy atom. The third kappa shape index (κ3) is 3.05. The molecule has 0 bridgehead atoms. The van der Waals surface area contributed by atoms with Crippen molar-refractivity contribution >= 4 is 28.6 Å². The van der Waals surface area contributed by atoms with E-state index in [1.807, 2.05) is 29.7 Å². The van der Waals surface area contributed by atoms with Gasteiger partial charge in [-0.25, -0.2) is 4.98 Å². The highest BCUT2D eigenvalue weighted by atomic mass is 35.5. The second-order valence-electron chi connectivity index (χ2n) is 5.10. The zero-order chi connectivity index (χ0) is 16.4. The predicted molar refractivity (Wildman–Crippen MR) is 89.3 cm³/mol. The number of esters is 1. The van der Waals surface area contributed by atoms with Gasteiger partial charge in [0.1, 0.15) is 17.9 Å². The van der Waals surface area contributed by atoms with Gasteiger partial charge in [0.15, 0.2) is 0 Å². The van der Waals surface area contributed by atoms with Crippen LogP contribution in [0.1, 0.15) is 12.6 Å². The van der Waals surface area contributed by atoms with Gasteiger partial charge in [-0.3, -0.25) is 9.78 Å². The van der Waals surface area contributed by atoms with E-state index < -0.39 is 0 Å². The summed E-state index contributed by atoms with van der Waals surface area (Å²) in [6.07, 6.45) is 1.71. The maximum Gasteiger partial charge on any atom is 0.326 e. The maximum atomic E-state index is 12.0. The molecular weight excluding hydrogens is 314 g/mol. The Hall–Kier alpha value is -2.40. The van der Waals surface area contributed by atoms with E-state index in [2.05, 4.69) is 9.97 Å². The summed E-state index contributed by atoms with van der Waals surface area (Å²) >= 11 is 5.96. The van der Waals surface area contributed by atoms with E-state index >= 15 is 0 Å². The average Bonchev–Trinajstić information content (AvgIpc) is 2.89. The number of aromatic nitrogens is 3. The summed E-state index contributed by atoms with van der Waals surface area (Å²) in [4.78, 5) is 20.9. The summed E-state index contributed by atoms with van der Waals surface area (Å²) < 4.78 is 6.93. The number of hydrogen-bond acceptors (Lipinski definition) is 4. The van der Waals surface area contributed by atoms with Gasteiger partial charge in [-0.15, -0.1) is 0 Å². The molecule has 0 aliphatic carbocycles. The number of aryl methyl sites for hydroxylation is 1. The first-order valence-corrected chi connectivity index (χ1v) is 7.71. The number of carbonyl (C=O) groups excluding carboxylic acids is 1. The van der Waals surface area contributed by atoms with Crippen LogP contribution in [-0.4, -0.2) is 27.1 Å². The lowest BCUT2D eigenvalue weighted by molar-refractivity contribution is -0.143. The minimum Gasteiger partial charge on any atom is -0.465 e. The molecule has 0 N–H and O–H groups in total. The molecule has 6 heteroatoms. The first-order chi connectivity index (χ1) is 11.1. The molecule has 3 rings (SSSR count). The summed E-state index contributed by atoms with van der Waals surface area (Å²) in [6.45, 7) is 4.14. The fourth-order valence-electron chi connectivity index (χ4n) is 2.50. The summed E-state index contributed by atoms with van der Waals surface area (Å²) in [5, 5.41) is 0.652. The van der Waals surface area contributed by atoms with Crippen LogP contribution in [0.2, 0.25) is 5.02 Å². The largest absolute Gasteiger partial charge is 0.465 e. The van der Waals surface area contributed by atoms with Gasteiger partial charge < -0.3 is 9.30 Å². The molecule has 0 atom stereocenters. The number of benzene rings is 1. The standard InChI is InChI=1S/C17H16ClN3O2/c1-3-23-15(22)10-21-14-8-9-19-11(2)16(14)20-17(21)12-4-6-13(18)7-5-12/h4-9H,3,10H2,1-2H3. The number of hydrogen-bond donors (Lipinski definition) is 0. The Balaban J connectivity index is 2.17. The molecule has 5 nitrogen and oxygen atoms in total. The molecule has 0 saturated heterocycles. The summed E-state index contributed by atoms with van der Waals surface area (Å²) in [5.74, 6) is 0.400. The van der Waals surface area contributed by atoms with Crippen molar-refractivity contribution in [3.8, 4) is 11.4 Å². The molecule has 0 spiro atoms. The Labute approximate surface area is 138 Å². The Bertz CT molecular complexity index is 856. The van der Waals surface area contributed by atoms with Gasteiger partial charge in [-0.05, 0) is 44.2 Å². The normalized spacial score (nSPS) is 10.9. The molecular formula is C17H16ClN3O2. The van der Waals surface area contributed by atoms with E-state index in [0.29, 0.717) is 17.5 Å². The molecule has 0 fully saturated rings. The van der Waals surface area contributed by atoms with Crippen LogP contribution in [-0.2, 0) is 16.1 Å². The van der Waals surface area contributed by atoms with E-state index in [4.69, 9.17) is 16.3 Å². The second-order valence-corrected chi connectivity index (χ2v) is 5.53. The van der Waals surface area contributed by atoms with Crippen LogP contribution in [0.3, 0.4) is 0 Å². The van der Waals surface area contributed by atoms with Gasteiger partial charge in [0.2, 0.25) is 0 Å². The molecule has 1 aromatic carbocycles. The highest BCUT2D eigenvalue weighted by Crippen LogP contribution is 2.27. The lowest BCUT2D eigenvalue weighted by Crippen LogP contribution is -2.14. The number of pyridine rings is 1. The summed E-state index contributed by atoms with van der Waals surface area (Å²) in [5.41, 5.74) is 3.34. The molecule has 0 aliphatic rings. The zero-order valence-electron chi connectivity index (χ0n) is 12.9. The zero-order valence-corrected chi connectivity index (χ0v) is 13.7. The van der Waals surface area contributed by atoms with Crippen molar-refractivity contribution in [1.82, 2.24) is 14.5 Å². The Morgan fingerprint density at radius 2 is 2.00 bits per heavy atom. The van der Waals surface area contributed by atoms with Crippen molar-refractivity contribution in [2.24, 2.45) is 0 Å².